The van der Waals surface area contributed by atoms with Gasteiger partial charge in [-0.05, 0) is 37.3 Å². The molecule has 1 aliphatic rings. The Kier molecular flexibility index (Phi) is 4.24. The predicted molar refractivity (Wildman–Crippen MR) is 66.5 cm³/mol. The van der Waals surface area contributed by atoms with E-state index < -0.39 is 0 Å². The molecule has 16 heavy (non-hydrogen) atoms. The van der Waals surface area contributed by atoms with Crippen molar-refractivity contribution < 1.29 is 0 Å². The number of rotatable bonds is 5. The lowest BCUT2D eigenvalue weighted by molar-refractivity contribution is 0.394. The molecule has 2 atom stereocenters. The van der Waals surface area contributed by atoms with Gasteiger partial charge in [0, 0.05) is 25.7 Å². The van der Waals surface area contributed by atoms with E-state index in [1.54, 1.807) is 0 Å². The van der Waals surface area contributed by atoms with Crippen molar-refractivity contribution in [1.29, 1.82) is 0 Å². The molecule has 2 unspecified atom stereocenters. The third-order valence-electron chi connectivity index (χ3n) is 3.50. The average molecular weight is 242 g/mol. The summed E-state index contributed by atoms with van der Waals surface area (Å²) in [6, 6.07) is 2.06. The molecule has 4 heteroatoms. The molecule has 0 amide bonds. The van der Waals surface area contributed by atoms with E-state index in [9.17, 15) is 0 Å². The molecule has 0 spiro atoms. The molecule has 1 aromatic heterocycles. The van der Waals surface area contributed by atoms with E-state index in [-0.39, 0.29) is 0 Å². The van der Waals surface area contributed by atoms with Crippen molar-refractivity contribution in [2.75, 3.05) is 12.4 Å². The van der Waals surface area contributed by atoms with Crippen LogP contribution in [0.1, 0.15) is 25.0 Å². The number of nitrogens with one attached hydrogen (secondary N) is 1. The van der Waals surface area contributed by atoms with Crippen LogP contribution in [-0.4, -0.2) is 22.2 Å². The lowest BCUT2D eigenvalue weighted by atomic mass is 9.98. The van der Waals surface area contributed by atoms with Crippen LogP contribution in [0.3, 0.4) is 0 Å². The van der Waals surface area contributed by atoms with Crippen LogP contribution >= 0.6 is 11.6 Å². The van der Waals surface area contributed by atoms with Crippen molar-refractivity contribution in [3.8, 4) is 0 Å². The molecule has 1 N–H and O–H groups in total. The van der Waals surface area contributed by atoms with Crippen LogP contribution in [0.25, 0.3) is 0 Å². The molecule has 1 aliphatic carbocycles. The SMILES string of the molecule is Cn1ccc(CNCC2CCCC2CCl)n1. The predicted octanol–water partition coefficient (Wildman–Crippen LogP) is 2.16. The van der Waals surface area contributed by atoms with E-state index >= 15 is 0 Å². The summed E-state index contributed by atoms with van der Waals surface area (Å²) in [7, 11) is 1.95. The van der Waals surface area contributed by atoms with Crippen molar-refractivity contribution in [3.05, 3.63) is 18.0 Å². The Bertz CT molecular complexity index is 324. The normalized spacial score (nSPS) is 25.1. The summed E-state index contributed by atoms with van der Waals surface area (Å²) >= 11 is 5.96. The third-order valence-corrected chi connectivity index (χ3v) is 3.89. The molecule has 1 saturated carbocycles. The fourth-order valence-electron chi connectivity index (χ4n) is 2.53. The second kappa shape index (κ2) is 5.69. The summed E-state index contributed by atoms with van der Waals surface area (Å²) in [5.74, 6) is 2.30. The van der Waals surface area contributed by atoms with Crippen molar-refractivity contribution in [1.82, 2.24) is 15.1 Å². The van der Waals surface area contributed by atoms with Gasteiger partial charge in [-0.3, -0.25) is 4.68 Å². The van der Waals surface area contributed by atoms with Crippen molar-refractivity contribution in [3.63, 3.8) is 0 Å². The monoisotopic (exact) mass is 241 g/mol. The standard InChI is InChI=1S/C12H20ClN3/c1-16-6-5-12(15-16)9-14-8-11-4-2-3-10(11)7-13/h5-6,10-11,14H,2-4,7-9H2,1H3. The molecule has 0 radical (unpaired) electrons. The van der Waals surface area contributed by atoms with Gasteiger partial charge in [0.05, 0.1) is 5.69 Å². The van der Waals surface area contributed by atoms with Gasteiger partial charge in [-0.15, -0.1) is 11.6 Å². The zero-order valence-corrected chi connectivity index (χ0v) is 10.6. The fraction of sp³-hybridized carbons (Fsp3) is 0.750. The number of hydrogen-bond donors (Lipinski definition) is 1. The highest BCUT2D eigenvalue weighted by atomic mass is 35.5. The van der Waals surface area contributed by atoms with Crippen LogP contribution in [0.2, 0.25) is 0 Å². The minimum atomic E-state index is 0.720. The second-order valence-electron chi connectivity index (χ2n) is 4.72. The van der Waals surface area contributed by atoms with Gasteiger partial charge < -0.3 is 5.32 Å². The van der Waals surface area contributed by atoms with Crippen molar-refractivity contribution >= 4 is 11.6 Å². The van der Waals surface area contributed by atoms with E-state index in [1.807, 2.05) is 17.9 Å². The summed E-state index contributed by atoms with van der Waals surface area (Å²) in [5, 5.41) is 7.83. The Balaban J connectivity index is 1.71. The Labute approximate surface area is 102 Å². The molecule has 1 aromatic rings. The maximum absolute atomic E-state index is 5.96. The Morgan fingerprint density at radius 1 is 1.50 bits per heavy atom. The Morgan fingerprint density at radius 3 is 3.00 bits per heavy atom. The average Bonchev–Trinajstić information content (AvgIpc) is 2.87. The van der Waals surface area contributed by atoms with E-state index in [4.69, 9.17) is 11.6 Å². The number of nitrogens with zero attached hydrogens (tertiary/aromatic N) is 2. The van der Waals surface area contributed by atoms with Crippen LogP contribution in [0.4, 0.5) is 0 Å². The van der Waals surface area contributed by atoms with Gasteiger partial charge in [-0.25, -0.2) is 0 Å². The minimum absolute atomic E-state index is 0.720. The lowest BCUT2D eigenvalue weighted by Gasteiger charge is -2.17. The van der Waals surface area contributed by atoms with Gasteiger partial charge in [-0.2, -0.15) is 5.10 Å². The van der Waals surface area contributed by atoms with E-state index in [0.29, 0.717) is 0 Å². The first-order valence-corrected chi connectivity index (χ1v) is 6.58. The molecule has 0 aliphatic heterocycles. The largest absolute Gasteiger partial charge is 0.311 e. The third kappa shape index (κ3) is 2.98. The van der Waals surface area contributed by atoms with Gasteiger partial charge in [0.1, 0.15) is 0 Å². The maximum atomic E-state index is 5.96. The van der Waals surface area contributed by atoms with Gasteiger partial charge >= 0.3 is 0 Å². The van der Waals surface area contributed by atoms with E-state index in [1.165, 1.54) is 19.3 Å². The quantitative estimate of drug-likeness (QED) is 0.801. The van der Waals surface area contributed by atoms with Gasteiger partial charge in [0.2, 0.25) is 0 Å². The first kappa shape index (κ1) is 11.9. The summed E-state index contributed by atoms with van der Waals surface area (Å²) in [6.07, 6.45) is 5.95. The molecule has 3 nitrogen and oxygen atoms in total. The van der Waals surface area contributed by atoms with Crippen molar-refractivity contribution in [2.24, 2.45) is 18.9 Å². The molecule has 1 heterocycles. The van der Waals surface area contributed by atoms with E-state index in [0.717, 1.165) is 36.5 Å². The Hall–Kier alpha value is -0.540. The number of alkyl halides is 1. The first-order valence-electron chi connectivity index (χ1n) is 6.05. The highest BCUT2D eigenvalue weighted by Gasteiger charge is 2.25. The molecular formula is C12H20ClN3. The maximum Gasteiger partial charge on any atom is 0.0762 e. The van der Waals surface area contributed by atoms with Crippen LogP contribution in [0, 0.1) is 11.8 Å². The minimum Gasteiger partial charge on any atom is -0.311 e. The van der Waals surface area contributed by atoms with Gasteiger partial charge in [-0.1, -0.05) is 6.42 Å². The van der Waals surface area contributed by atoms with Crippen molar-refractivity contribution in [2.45, 2.75) is 25.8 Å². The van der Waals surface area contributed by atoms with Gasteiger partial charge in [0.15, 0.2) is 0 Å². The number of hydrogen-bond acceptors (Lipinski definition) is 2. The first-order chi connectivity index (χ1) is 7.79. The summed E-state index contributed by atoms with van der Waals surface area (Å²) in [4.78, 5) is 0. The highest BCUT2D eigenvalue weighted by molar-refractivity contribution is 6.18. The molecular weight excluding hydrogens is 222 g/mol. The van der Waals surface area contributed by atoms with Crippen LogP contribution in [0.5, 0.6) is 0 Å². The topological polar surface area (TPSA) is 29.9 Å². The summed E-state index contributed by atoms with van der Waals surface area (Å²) in [6.45, 7) is 1.94. The number of aromatic nitrogens is 2. The Morgan fingerprint density at radius 2 is 2.31 bits per heavy atom. The molecule has 2 rings (SSSR count). The zero-order chi connectivity index (χ0) is 11.4. The molecule has 0 saturated heterocycles. The number of halogens is 1. The summed E-state index contributed by atoms with van der Waals surface area (Å²) in [5.41, 5.74) is 1.11. The molecule has 90 valence electrons. The highest BCUT2D eigenvalue weighted by Crippen LogP contribution is 2.31. The zero-order valence-electron chi connectivity index (χ0n) is 9.82. The van der Waals surface area contributed by atoms with Gasteiger partial charge in [0.25, 0.3) is 0 Å². The van der Waals surface area contributed by atoms with E-state index in [2.05, 4.69) is 16.5 Å². The smallest absolute Gasteiger partial charge is 0.0762 e. The van der Waals surface area contributed by atoms with Crippen LogP contribution in [-0.2, 0) is 13.6 Å². The van der Waals surface area contributed by atoms with Crippen LogP contribution in [0.15, 0.2) is 12.3 Å². The van der Waals surface area contributed by atoms with Crippen LogP contribution < -0.4 is 5.32 Å². The molecule has 1 fully saturated rings. The fourth-order valence-corrected chi connectivity index (χ4v) is 2.93. The lowest BCUT2D eigenvalue weighted by Crippen LogP contribution is -2.25. The molecule has 0 bridgehead atoms. The summed E-state index contributed by atoms with van der Waals surface area (Å²) < 4.78 is 1.84. The second-order valence-corrected chi connectivity index (χ2v) is 5.03. The number of aryl methyl sites for hydroxylation is 1. The molecule has 0 aromatic carbocycles.